The minimum absolute atomic E-state index is 0.488. The summed E-state index contributed by atoms with van der Waals surface area (Å²) in [6, 6.07) is 27.6. The second kappa shape index (κ2) is 14.0. The third-order valence-corrected chi connectivity index (χ3v) is 9.74. The molecule has 0 aliphatic heterocycles. The number of benzene rings is 3. The number of aromatic nitrogens is 6. The Labute approximate surface area is 291 Å². The highest BCUT2D eigenvalue weighted by Gasteiger charge is 2.25. The van der Waals surface area contributed by atoms with Crippen LogP contribution in [-0.2, 0) is 0 Å². The summed E-state index contributed by atoms with van der Waals surface area (Å²) in [7, 11) is 4.76. The van der Waals surface area contributed by atoms with Crippen LogP contribution >= 0.6 is 23.1 Å². The molecule has 0 saturated heterocycles. The van der Waals surface area contributed by atoms with E-state index < -0.39 is 0 Å². The molecule has 49 heavy (non-hydrogen) atoms. The van der Waals surface area contributed by atoms with E-state index in [9.17, 15) is 0 Å². The number of fused-ring (bicyclic) bond motifs is 1. The Morgan fingerprint density at radius 2 is 1.53 bits per heavy atom. The van der Waals surface area contributed by atoms with Gasteiger partial charge in [0.15, 0.2) is 23.1 Å². The first-order chi connectivity index (χ1) is 24.0. The Morgan fingerprint density at radius 1 is 0.796 bits per heavy atom. The van der Waals surface area contributed by atoms with E-state index in [0.717, 1.165) is 48.2 Å². The zero-order valence-electron chi connectivity index (χ0n) is 27.5. The normalized spacial score (nSPS) is 11.1. The molecule has 0 spiro atoms. The van der Waals surface area contributed by atoms with Crippen molar-refractivity contribution in [3.05, 3.63) is 96.0 Å². The van der Waals surface area contributed by atoms with Crippen LogP contribution in [0, 0.1) is 6.92 Å². The quantitative estimate of drug-likeness (QED) is 0.123. The lowest BCUT2D eigenvalue weighted by atomic mass is 10.0. The van der Waals surface area contributed by atoms with Crippen molar-refractivity contribution in [3.8, 4) is 62.7 Å². The standard InChI is InChI=1S/C37H32N6O4S2/c1-6-47-26-17-15-25(16-18-26)43-34(24-20-28(44-3)32(46-5)29(21-24)45-4)41-42-37(43)49-36-31-30(23-12-8-7-9-13-23)22(2)48-35(31)39-33(40-36)27-14-10-11-19-38-27/h7-21H,6H2,1-5H3. The molecule has 246 valence electrons. The maximum absolute atomic E-state index is 5.75. The highest BCUT2D eigenvalue weighted by atomic mass is 32.2. The van der Waals surface area contributed by atoms with Gasteiger partial charge in [0.2, 0.25) is 10.9 Å². The Morgan fingerprint density at radius 3 is 2.18 bits per heavy atom. The van der Waals surface area contributed by atoms with Crippen LogP contribution in [-0.4, -0.2) is 57.7 Å². The number of methoxy groups -OCH3 is 3. The van der Waals surface area contributed by atoms with Crippen molar-refractivity contribution in [1.29, 1.82) is 0 Å². The van der Waals surface area contributed by atoms with Gasteiger partial charge in [-0.2, -0.15) is 0 Å². The molecule has 0 N–H and O–H groups in total. The monoisotopic (exact) mass is 688 g/mol. The van der Waals surface area contributed by atoms with Gasteiger partial charge in [0, 0.05) is 22.2 Å². The van der Waals surface area contributed by atoms with Crippen LogP contribution in [0.2, 0.25) is 0 Å². The average molecular weight is 689 g/mol. The van der Waals surface area contributed by atoms with Crippen LogP contribution in [0.25, 0.3) is 49.9 Å². The average Bonchev–Trinajstić information content (AvgIpc) is 3.72. The zero-order chi connectivity index (χ0) is 33.9. The molecule has 0 aliphatic carbocycles. The van der Waals surface area contributed by atoms with Gasteiger partial charge in [-0.25, -0.2) is 9.97 Å². The van der Waals surface area contributed by atoms with Gasteiger partial charge in [-0.1, -0.05) is 36.4 Å². The molecule has 7 rings (SSSR count). The van der Waals surface area contributed by atoms with Crippen LogP contribution in [0.4, 0.5) is 0 Å². The van der Waals surface area contributed by atoms with E-state index in [1.165, 1.54) is 11.8 Å². The summed E-state index contributed by atoms with van der Waals surface area (Å²) in [5, 5.41) is 11.8. The van der Waals surface area contributed by atoms with E-state index in [0.29, 0.717) is 46.4 Å². The zero-order valence-corrected chi connectivity index (χ0v) is 29.1. The molecule has 0 fully saturated rings. The summed E-state index contributed by atoms with van der Waals surface area (Å²) in [5.41, 5.74) is 4.42. The van der Waals surface area contributed by atoms with E-state index in [1.54, 1.807) is 38.9 Å². The van der Waals surface area contributed by atoms with Crippen LogP contribution in [0.3, 0.4) is 0 Å². The lowest BCUT2D eigenvalue weighted by molar-refractivity contribution is 0.324. The molecule has 12 heteroatoms. The molecule has 0 atom stereocenters. The smallest absolute Gasteiger partial charge is 0.203 e. The third-order valence-electron chi connectivity index (χ3n) is 7.80. The largest absolute Gasteiger partial charge is 0.494 e. The van der Waals surface area contributed by atoms with Gasteiger partial charge in [-0.15, -0.1) is 21.5 Å². The Hall–Kier alpha value is -5.46. The summed E-state index contributed by atoms with van der Waals surface area (Å²) >= 11 is 3.06. The predicted octanol–water partition coefficient (Wildman–Crippen LogP) is 8.55. The SMILES string of the molecule is CCOc1ccc(-n2c(Sc3nc(-c4ccccn4)nc4sc(C)c(-c5ccccc5)c34)nnc2-c2cc(OC)c(OC)c(OC)c2)cc1. The maximum atomic E-state index is 5.75. The Kier molecular flexibility index (Phi) is 9.14. The molecule has 0 amide bonds. The number of ether oxygens (including phenoxy) is 4. The molecule has 10 nitrogen and oxygen atoms in total. The number of pyridine rings is 1. The molecule has 4 heterocycles. The topological polar surface area (TPSA) is 106 Å². The molecule has 7 aromatic rings. The fourth-order valence-corrected chi connectivity index (χ4v) is 7.71. The number of rotatable bonds is 11. The van der Waals surface area contributed by atoms with Gasteiger partial charge in [0.05, 0.1) is 39.0 Å². The van der Waals surface area contributed by atoms with Crippen LogP contribution in [0.1, 0.15) is 11.8 Å². The molecular weight excluding hydrogens is 657 g/mol. The molecular formula is C37H32N6O4S2. The second-order valence-electron chi connectivity index (χ2n) is 10.7. The minimum Gasteiger partial charge on any atom is -0.494 e. The predicted molar refractivity (Wildman–Crippen MR) is 193 cm³/mol. The van der Waals surface area contributed by atoms with Crippen molar-refractivity contribution in [2.24, 2.45) is 0 Å². The summed E-state index contributed by atoms with van der Waals surface area (Å²) in [4.78, 5) is 16.7. The summed E-state index contributed by atoms with van der Waals surface area (Å²) in [6.45, 7) is 4.65. The first kappa shape index (κ1) is 32.1. The fraction of sp³-hybridized carbons (Fsp3) is 0.162. The molecule has 0 radical (unpaired) electrons. The third kappa shape index (κ3) is 6.16. The number of hydrogen-bond donors (Lipinski definition) is 0. The van der Waals surface area contributed by atoms with Gasteiger partial charge in [-0.3, -0.25) is 9.55 Å². The number of thiophene rings is 1. The summed E-state index contributed by atoms with van der Waals surface area (Å²) in [6.07, 6.45) is 1.75. The number of hydrogen-bond acceptors (Lipinski definition) is 11. The fourth-order valence-electron chi connectivity index (χ4n) is 5.63. The van der Waals surface area contributed by atoms with Gasteiger partial charge in [-0.05, 0) is 79.7 Å². The molecule has 0 unspecified atom stereocenters. The molecule has 4 aromatic heterocycles. The van der Waals surface area contributed by atoms with Gasteiger partial charge in [0.25, 0.3) is 0 Å². The van der Waals surface area contributed by atoms with E-state index in [1.807, 2.05) is 84.3 Å². The van der Waals surface area contributed by atoms with E-state index in [4.69, 9.17) is 39.1 Å². The summed E-state index contributed by atoms with van der Waals surface area (Å²) in [5.74, 6) is 3.38. The van der Waals surface area contributed by atoms with Crippen molar-refractivity contribution in [1.82, 2.24) is 29.7 Å². The van der Waals surface area contributed by atoms with E-state index >= 15 is 0 Å². The van der Waals surface area contributed by atoms with Crippen molar-refractivity contribution >= 4 is 33.3 Å². The van der Waals surface area contributed by atoms with Gasteiger partial charge in [0.1, 0.15) is 21.3 Å². The van der Waals surface area contributed by atoms with Crippen molar-refractivity contribution in [2.45, 2.75) is 24.0 Å². The maximum Gasteiger partial charge on any atom is 0.203 e. The number of nitrogens with zero attached hydrogens (tertiary/aromatic N) is 6. The highest BCUT2D eigenvalue weighted by molar-refractivity contribution is 7.99. The summed E-state index contributed by atoms with van der Waals surface area (Å²) < 4.78 is 24.7. The molecule has 3 aromatic carbocycles. The van der Waals surface area contributed by atoms with Gasteiger partial charge < -0.3 is 18.9 Å². The van der Waals surface area contributed by atoms with Crippen LogP contribution < -0.4 is 18.9 Å². The van der Waals surface area contributed by atoms with E-state index in [2.05, 4.69) is 24.0 Å². The Balaban J connectivity index is 1.46. The first-order valence-corrected chi connectivity index (χ1v) is 17.1. The Bertz CT molecular complexity index is 2210. The lowest BCUT2D eigenvalue weighted by Gasteiger charge is -2.15. The van der Waals surface area contributed by atoms with Gasteiger partial charge >= 0.3 is 0 Å². The molecule has 0 aliphatic rings. The second-order valence-corrected chi connectivity index (χ2v) is 12.9. The molecule has 0 saturated carbocycles. The first-order valence-electron chi connectivity index (χ1n) is 15.5. The lowest BCUT2D eigenvalue weighted by Crippen LogP contribution is -2.02. The van der Waals surface area contributed by atoms with Crippen LogP contribution in [0.5, 0.6) is 23.0 Å². The minimum atomic E-state index is 0.488. The molecule has 0 bridgehead atoms. The van der Waals surface area contributed by atoms with Crippen molar-refractivity contribution in [2.75, 3.05) is 27.9 Å². The number of aryl methyl sites for hydroxylation is 1. The van der Waals surface area contributed by atoms with Crippen LogP contribution in [0.15, 0.2) is 101 Å². The van der Waals surface area contributed by atoms with Crippen molar-refractivity contribution < 1.29 is 18.9 Å². The van der Waals surface area contributed by atoms with Crippen molar-refractivity contribution in [3.63, 3.8) is 0 Å². The highest BCUT2D eigenvalue weighted by Crippen LogP contribution is 2.46. The van der Waals surface area contributed by atoms with E-state index in [-0.39, 0.29) is 0 Å².